The Morgan fingerprint density at radius 2 is 2.06 bits per heavy atom. The van der Waals surface area contributed by atoms with E-state index in [1.165, 1.54) is 0 Å². The van der Waals surface area contributed by atoms with E-state index in [1.807, 2.05) is 20.8 Å². The summed E-state index contributed by atoms with van der Waals surface area (Å²) in [6.45, 7) is 7.98. The second-order valence-electron chi connectivity index (χ2n) is 5.50. The Kier molecular flexibility index (Phi) is 4.59. The van der Waals surface area contributed by atoms with Crippen LogP contribution in [0.2, 0.25) is 0 Å². The van der Waals surface area contributed by atoms with Crippen LogP contribution in [0, 0.1) is 5.92 Å². The number of nitrogens with zero attached hydrogens (tertiary/aromatic N) is 1. The van der Waals surface area contributed by atoms with Crippen LogP contribution < -0.4 is 5.73 Å². The van der Waals surface area contributed by atoms with Crippen LogP contribution in [0.5, 0.6) is 0 Å². The van der Waals surface area contributed by atoms with Crippen molar-refractivity contribution >= 4 is 6.09 Å². The number of nitrogens with two attached hydrogens (primary N) is 1. The van der Waals surface area contributed by atoms with Crippen molar-refractivity contribution < 1.29 is 9.53 Å². The van der Waals surface area contributed by atoms with E-state index in [1.54, 1.807) is 4.90 Å². The van der Waals surface area contributed by atoms with E-state index < -0.39 is 5.60 Å². The summed E-state index contributed by atoms with van der Waals surface area (Å²) in [7, 11) is 0. The van der Waals surface area contributed by atoms with Crippen LogP contribution in [0.25, 0.3) is 0 Å². The third-order valence-corrected chi connectivity index (χ3v) is 2.83. The second kappa shape index (κ2) is 5.53. The topological polar surface area (TPSA) is 55.6 Å². The van der Waals surface area contributed by atoms with Crippen LogP contribution in [-0.2, 0) is 4.74 Å². The first-order chi connectivity index (χ1) is 7.42. The highest BCUT2D eigenvalue weighted by atomic mass is 16.6. The van der Waals surface area contributed by atoms with Crippen molar-refractivity contribution in [3.05, 3.63) is 0 Å². The normalized spacial score (nSPS) is 22.8. The Labute approximate surface area is 98.1 Å². The summed E-state index contributed by atoms with van der Waals surface area (Å²) >= 11 is 0. The lowest BCUT2D eigenvalue weighted by Crippen LogP contribution is -2.37. The molecule has 1 rings (SSSR count). The third-order valence-electron chi connectivity index (χ3n) is 2.83. The van der Waals surface area contributed by atoms with Gasteiger partial charge in [0.25, 0.3) is 0 Å². The average molecular weight is 228 g/mol. The highest BCUT2D eigenvalue weighted by molar-refractivity contribution is 5.68. The molecule has 4 heteroatoms. The molecule has 1 atom stereocenters. The van der Waals surface area contributed by atoms with Gasteiger partial charge < -0.3 is 15.4 Å². The number of ether oxygens (including phenoxy) is 1. The molecule has 0 aromatic rings. The number of carbonyl (C=O) groups excluding carboxylic acids is 1. The zero-order valence-corrected chi connectivity index (χ0v) is 10.7. The maximum atomic E-state index is 11.8. The summed E-state index contributed by atoms with van der Waals surface area (Å²) in [4.78, 5) is 13.6. The van der Waals surface area contributed by atoms with Crippen LogP contribution in [0.15, 0.2) is 0 Å². The largest absolute Gasteiger partial charge is 0.444 e. The molecule has 1 heterocycles. The molecule has 16 heavy (non-hydrogen) atoms. The molecule has 94 valence electrons. The Morgan fingerprint density at radius 1 is 1.38 bits per heavy atom. The van der Waals surface area contributed by atoms with Crippen LogP contribution in [-0.4, -0.2) is 36.2 Å². The third kappa shape index (κ3) is 4.39. The van der Waals surface area contributed by atoms with Gasteiger partial charge in [0.1, 0.15) is 5.60 Å². The highest BCUT2D eigenvalue weighted by Gasteiger charge is 2.24. The number of hydrogen-bond acceptors (Lipinski definition) is 3. The van der Waals surface area contributed by atoms with Gasteiger partial charge in [0.15, 0.2) is 0 Å². The number of likely N-dealkylation sites (tertiary alicyclic amines) is 1. The Morgan fingerprint density at radius 3 is 2.62 bits per heavy atom. The Bertz CT molecular complexity index is 236. The average Bonchev–Trinajstić information content (AvgIpc) is 2.39. The zero-order valence-electron chi connectivity index (χ0n) is 10.7. The quantitative estimate of drug-likeness (QED) is 0.746. The number of rotatable bonds is 1. The fraction of sp³-hybridized carbons (Fsp3) is 0.917. The van der Waals surface area contributed by atoms with Gasteiger partial charge in [0.2, 0.25) is 0 Å². The molecule has 0 aromatic carbocycles. The van der Waals surface area contributed by atoms with Crippen molar-refractivity contribution in [2.75, 3.05) is 19.6 Å². The lowest BCUT2D eigenvalue weighted by Gasteiger charge is -2.26. The van der Waals surface area contributed by atoms with Crippen molar-refractivity contribution in [1.29, 1.82) is 0 Å². The molecular formula is C12H24N2O2. The van der Waals surface area contributed by atoms with Crippen molar-refractivity contribution in [3.8, 4) is 0 Å². The molecule has 0 aromatic heterocycles. The first-order valence-electron chi connectivity index (χ1n) is 6.10. The fourth-order valence-corrected chi connectivity index (χ4v) is 1.91. The van der Waals surface area contributed by atoms with E-state index >= 15 is 0 Å². The van der Waals surface area contributed by atoms with Gasteiger partial charge >= 0.3 is 6.09 Å². The van der Waals surface area contributed by atoms with Crippen molar-refractivity contribution in [1.82, 2.24) is 4.90 Å². The minimum Gasteiger partial charge on any atom is -0.444 e. The number of amides is 1. The van der Waals surface area contributed by atoms with E-state index in [-0.39, 0.29) is 6.09 Å². The first kappa shape index (κ1) is 13.3. The van der Waals surface area contributed by atoms with Crippen molar-refractivity contribution in [3.63, 3.8) is 0 Å². The molecule has 1 saturated heterocycles. The maximum Gasteiger partial charge on any atom is 0.410 e. The molecule has 2 N–H and O–H groups in total. The summed E-state index contributed by atoms with van der Waals surface area (Å²) < 4.78 is 5.36. The van der Waals surface area contributed by atoms with E-state index in [2.05, 4.69) is 0 Å². The molecule has 4 nitrogen and oxygen atoms in total. The van der Waals surface area contributed by atoms with E-state index in [0.717, 1.165) is 38.9 Å². The fourth-order valence-electron chi connectivity index (χ4n) is 1.91. The van der Waals surface area contributed by atoms with E-state index in [4.69, 9.17) is 10.5 Å². The van der Waals surface area contributed by atoms with Gasteiger partial charge in [0.05, 0.1) is 0 Å². The maximum absolute atomic E-state index is 11.8. The van der Waals surface area contributed by atoms with Gasteiger partial charge in [-0.3, -0.25) is 0 Å². The van der Waals surface area contributed by atoms with Crippen molar-refractivity contribution in [2.24, 2.45) is 11.7 Å². The smallest absolute Gasteiger partial charge is 0.410 e. The predicted molar refractivity (Wildman–Crippen MR) is 64.2 cm³/mol. The zero-order chi connectivity index (χ0) is 12.2. The van der Waals surface area contributed by atoms with Crippen molar-refractivity contribution in [2.45, 2.75) is 45.6 Å². The Hall–Kier alpha value is -0.770. The summed E-state index contributed by atoms with van der Waals surface area (Å²) in [5, 5.41) is 0. The molecule has 0 unspecified atom stereocenters. The molecule has 0 aliphatic carbocycles. The molecule has 1 amide bonds. The molecule has 0 radical (unpaired) electrons. The summed E-state index contributed by atoms with van der Waals surface area (Å²) in [5.74, 6) is 0.562. The van der Waals surface area contributed by atoms with Gasteiger partial charge in [-0.15, -0.1) is 0 Å². The Balaban J connectivity index is 2.45. The molecule has 1 fully saturated rings. The van der Waals surface area contributed by atoms with Crippen LogP contribution in [0.3, 0.4) is 0 Å². The molecule has 0 saturated carbocycles. The number of hydrogen-bond donors (Lipinski definition) is 1. The lowest BCUT2D eigenvalue weighted by atomic mass is 10.0. The number of carbonyl (C=O) groups is 1. The monoisotopic (exact) mass is 228 g/mol. The standard InChI is InChI=1S/C12H24N2O2/c1-12(2,3)16-11(15)14-7-4-5-10(9-13)6-8-14/h10H,4-9,13H2,1-3H3/t10-/m1/s1. The molecule has 0 spiro atoms. The first-order valence-corrected chi connectivity index (χ1v) is 6.10. The van der Waals surface area contributed by atoms with Gasteiger partial charge in [-0.05, 0) is 52.5 Å². The summed E-state index contributed by atoms with van der Waals surface area (Å²) in [6, 6.07) is 0. The summed E-state index contributed by atoms with van der Waals surface area (Å²) in [5.41, 5.74) is 5.26. The molecular weight excluding hydrogens is 204 g/mol. The van der Waals surface area contributed by atoms with E-state index in [9.17, 15) is 4.79 Å². The van der Waals surface area contributed by atoms with Crippen LogP contribution in [0.1, 0.15) is 40.0 Å². The summed E-state index contributed by atoms with van der Waals surface area (Å²) in [6.07, 6.45) is 2.96. The van der Waals surface area contributed by atoms with Crippen LogP contribution in [0.4, 0.5) is 4.79 Å². The van der Waals surface area contributed by atoms with Gasteiger partial charge in [-0.1, -0.05) is 0 Å². The van der Waals surface area contributed by atoms with E-state index in [0.29, 0.717) is 5.92 Å². The molecule has 1 aliphatic heterocycles. The lowest BCUT2D eigenvalue weighted by molar-refractivity contribution is 0.0255. The minimum absolute atomic E-state index is 0.190. The predicted octanol–water partition coefficient (Wildman–Crippen LogP) is 1.98. The molecule has 0 bridgehead atoms. The molecule has 1 aliphatic rings. The van der Waals surface area contributed by atoms with Gasteiger partial charge in [0, 0.05) is 13.1 Å². The second-order valence-corrected chi connectivity index (χ2v) is 5.50. The highest BCUT2D eigenvalue weighted by Crippen LogP contribution is 2.18. The van der Waals surface area contributed by atoms with Gasteiger partial charge in [-0.25, -0.2) is 4.79 Å². The minimum atomic E-state index is -0.406. The van der Waals surface area contributed by atoms with Crippen LogP contribution >= 0.6 is 0 Å². The van der Waals surface area contributed by atoms with Gasteiger partial charge in [-0.2, -0.15) is 0 Å². The SMILES string of the molecule is CC(C)(C)OC(=O)N1CCC[C@@H](CN)CC1.